The number of nitrogens with two attached hydrogens (primary N) is 3. The molecule has 0 fully saturated rings. The maximum atomic E-state index is 5.69. The van der Waals surface area contributed by atoms with E-state index in [1.165, 1.54) is 3.57 Å². The van der Waals surface area contributed by atoms with Gasteiger partial charge in [0.1, 0.15) is 6.20 Å². The highest BCUT2D eigenvalue weighted by atomic mass is 127. The first-order chi connectivity index (χ1) is 12.9. The van der Waals surface area contributed by atoms with Crippen LogP contribution in [0.1, 0.15) is 13.8 Å². The van der Waals surface area contributed by atoms with Crippen molar-refractivity contribution in [3.8, 4) is 0 Å². The molecule has 2 heterocycles. The van der Waals surface area contributed by atoms with Crippen LogP contribution in [0.5, 0.6) is 0 Å². The van der Waals surface area contributed by atoms with Crippen molar-refractivity contribution in [2.24, 2.45) is 9.98 Å². The molecular formula is C20H26IN6+. The second-order valence-corrected chi connectivity index (χ2v) is 7.44. The van der Waals surface area contributed by atoms with Crippen LogP contribution in [0.15, 0.2) is 70.4 Å². The van der Waals surface area contributed by atoms with Gasteiger partial charge in [-0.2, -0.15) is 0 Å². The summed E-state index contributed by atoms with van der Waals surface area (Å²) in [6, 6.07) is 16.0. The summed E-state index contributed by atoms with van der Waals surface area (Å²) in [5, 5.41) is 1.93. The quantitative estimate of drug-likeness (QED) is 0.436. The molecule has 2 aromatic rings. The van der Waals surface area contributed by atoms with Crippen LogP contribution in [0, 0.1) is 3.57 Å². The predicted octanol–water partition coefficient (Wildman–Crippen LogP) is 2.83. The van der Waals surface area contributed by atoms with Crippen molar-refractivity contribution < 1.29 is 5.32 Å². The largest absolute Gasteiger partial charge is 0.399 e. The standard InChI is InChI=1S/C10H13N3.C6H6IN.C4H6N2/c1-8-6-13(7-12-8)10-4-2-3-9(11)5-10;7-5-2-1-3-6(8)4-5;1-4-2-5-3-6-4/h2-5,7-8H,6,11H2,1H3;1-4H,8H2;2-3H,1H3,(H,5,6)/p+1. The Bertz CT molecular complexity index is 811. The normalized spacial score (nSPS) is 16.9. The molecule has 2 aromatic carbocycles. The Morgan fingerprint density at radius 2 is 1.81 bits per heavy atom. The summed E-state index contributed by atoms with van der Waals surface area (Å²) in [6.07, 6.45) is 5.63. The number of aliphatic imine (C=N–C) groups is 2. The van der Waals surface area contributed by atoms with Gasteiger partial charge in [0.25, 0.3) is 0 Å². The van der Waals surface area contributed by atoms with Gasteiger partial charge in [-0.25, -0.2) is 4.99 Å². The second-order valence-electron chi connectivity index (χ2n) is 6.19. The molecular weight excluding hydrogens is 451 g/mol. The highest BCUT2D eigenvalue weighted by Gasteiger charge is 2.13. The lowest BCUT2D eigenvalue weighted by Gasteiger charge is -2.15. The number of anilines is 3. The summed E-state index contributed by atoms with van der Waals surface area (Å²) in [5.74, 6) is 0. The van der Waals surface area contributed by atoms with E-state index in [0.717, 1.165) is 29.3 Å². The van der Waals surface area contributed by atoms with Crippen molar-refractivity contribution in [2.75, 3.05) is 22.9 Å². The van der Waals surface area contributed by atoms with Crippen LogP contribution in [-0.4, -0.2) is 25.3 Å². The second kappa shape index (κ2) is 10.7. The molecule has 4 rings (SSSR count). The molecule has 0 spiro atoms. The molecule has 2 aliphatic heterocycles. The van der Waals surface area contributed by atoms with Crippen molar-refractivity contribution in [3.05, 3.63) is 64.0 Å². The molecule has 6 N–H and O–H groups in total. The minimum Gasteiger partial charge on any atom is -0.399 e. The highest BCUT2D eigenvalue weighted by Crippen LogP contribution is 2.19. The average molecular weight is 477 g/mol. The number of hydrogen-bond acceptors (Lipinski definition) is 5. The molecule has 0 radical (unpaired) electrons. The molecule has 0 aliphatic carbocycles. The first-order valence-electron chi connectivity index (χ1n) is 8.65. The molecule has 2 aliphatic rings. The lowest BCUT2D eigenvalue weighted by atomic mass is 10.2. The first kappa shape index (κ1) is 20.9. The van der Waals surface area contributed by atoms with E-state index in [1.807, 2.05) is 73.3 Å². The van der Waals surface area contributed by atoms with Crippen LogP contribution in [0.3, 0.4) is 0 Å². The van der Waals surface area contributed by atoms with Gasteiger partial charge in [-0.1, -0.05) is 12.1 Å². The van der Waals surface area contributed by atoms with E-state index in [2.05, 4.69) is 44.4 Å². The van der Waals surface area contributed by atoms with Crippen molar-refractivity contribution in [3.63, 3.8) is 0 Å². The summed E-state index contributed by atoms with van der Waals surface area (Å²) >= 11 is 2.23. The Hall–Kier alpha value is -2.39. The van der Waals surface area contributed by atoms with Gasteiger partial charge in [-0.15, -0.1) is 0 Å². The number of nitrogen functional groups attached to an aromatic ring is 2. The van der Waals surface area contributed by atoms with Crippen LogP contribution in [-0.2, 0) is 0 Å². The third kappa shape index (κ3) is 7.79. The van der Waals surface area contributed by atoms with Crippen molar-refractivity contribution >= 4 is 52.3 Å². The fourth-order valence-corrected chi connectivity index (χ4v) is 2.91. The summed E-state index contributed by atoms with van der Waals surface area (Å²) in [7, 11) is 0. The molecule has 0 saturated carbocycles. The van der Waals surface area contributed by atoms with E-state index in [-0.39, 0.29) is 0 Å². The number of rotatable bonds is 1. The zero-order valence-corrected chi connectivity index (χ0v) is 17.7. The number of hydrogen-bond donors (Lipinski definition) is 3. The third-order valence-corrected chi connectivity index (χ3v) is 4.34. The van der Waals surface area contributed by atoms with Crippen LogP contribution in [0.4, 0.5) is 17.1 Å². The summed E-state index contributed by atoms with van der Waals surface area (Å²) < 4.78 is 1.18. The SMILES string of the molecule is CC1=C[NH2+]C=N1.CC1CN(c2cccc(N)c2)C=N1.Nc1cccc(I)c1. The number of halogens is 1. The Morgan fingerprint density at radius 1 is 1.11 bits per heavy atom. The minimum atomic E-state index is 0.390. The smallest absolute Gasteiger partial charge is 0.191 e. The number of quaternary nitrogens is 1. The zero-order valence-electron chi connectivity index (χ0n) is 15.6. The fraction of sp³-hybridized carbons (Fsp3) is 0.200. The van der Waals surface area contributed by atoms with E-state index in [9.17, 15) is 0 Å². The molecule has 6 nitrogen and oxygen atoms in total. The van der Waals surface area contributed by atoms with Crippen molar-refractivity contribution in [1.29, 1.82) is 0 Å². The van der Waals surface area contributed by atoms with Gasteiger partial charge in [-0.05, 0) is 72.8 Å². The van der Waals surface area contributed by atoms with Crippen molar-refractivity contribution in [1.82, 2.24) is 0 Å². The number of nitrogens with zero attached hydrogens (tertiary/aromatic N) is 3. The maximum Gasteiger partial charge on any atom is 0.191 e. The Kier molecular flexibility index (Phi) is 8.28. The molecule has 1 unspecified atom stereocenters. The summed E-state index contributed by atoms with van der Waals surface area (Å²) in [5.41, 5.74) is 15.0. The first-order valence-corrected chi connectivity index (χ1v) is 9.72. The fourth-order valence-electron chi connectivity index (χ4n) is 2.34. The van der Waals surface area contributed by atoms with Crippen LogP contribution >= 0.6 is 22.6 Å². The van der Waals surface area contributed by atoms with Crippen LogP contribution < -0.4 is 21.7 Å². The molecule has 7 heteroatoms. The molecule has 0 aromatic heterocycles. The van der Waals surface area contributed by atoms with E-state index in [4.69, 9.17) is 11.5 Å². The molecule has 0 saturated heterocycles. The van der Waals surface area contributed by atoms with Crippen LogP contribution in [0.25, 0.3) is 0 Å². The molecule has 0 amide bonds. The van der Waals surface area contributed by atoms with Crippen LogP contribution in [0.2, 0.25) is 0 Å². The molecule has 0 bridgehead atoms. The molecule has 27 heavy (non-hydrogen) atoms. The maximum absolute atomic E-state index is 5.69. The van der Waals surface area contributed by atoms with Gasteiger partial charge in [0.15, 0.2) is 6.34 Å². The van der Waals surface area contributed by atoms with Crippen molar-refractivity contribution in [2.45, 2.75) is 19.9 Å². The van der Waals surface area contributed by atoms with Gasteiger partial charge in [-0.3, -0.25) is 10.3 Å². The third-order valence-electron chi connectivity index (χ3n) is 3.67. The lowest BCUT2D eigenvalue weighted by Crippen LogP contribution is -2.74. The van der Waals surface area contributed by atoms with Gasteiger partial charge >= 0.3 is 0 Å². The monoisotopic (exact) mass is 477 g/mol. The lowest BCUT2D eigenvalue weighted by molar-refractivity contribution is -0.447. The van der Waals surface area contributed by atoms with Gasteiger partial charge in [0.2, 0.25) is 0 Å². The predicted molar refractivity (Wildman–Crippen MR) is 124 cm³/mol. The molecule has 1 atom stereocenters. The minimum absolute atomic E-state index is 0.390. The number of benzene rings is 2. The van der Waals surface area contributed by atoms with Gasteiger partial charge in [0.05, 0.1) is 18.1 Å². The number of allylic oxidation sites excluding steroid dienone is 1. The summed E-state index contributed by atoms with van der Waals surface area (Å²) in [4.78, 5) is 10.3. The Balaban J connectivity index is 0.000000159. The van der Waals surface area contributed by atoms with E-state index in [1.54, 1.807) is 6.34 Å². The zero-order chi connectivity index (χ0) is 19.6. The average Bonchev–Trinajstić information content (AvgIpc) is 3.27. The Morgan fingerprint density at radius 3 is 2.22 bits per heavy atom. The Labute approximate surface area is 174 Å². The van der Waals surface area contributed by atoms with Gasteiger partial charge < -0.3 is 16.4 Å². The summed E-state index contributed by atoms with van der Waals surface area (Å²) in [6.45, 7) is 5.02. The van der Waals surface area contributed by atoms with E-state index >= 15 is 0 Å². The van der Waals surface area contributed by atoms with Gasteiger partial charge in [0, 0.05) is 27.2 Å². The highest BCUT2D eigenvalue weighted by molar-refractivity contribution is 14.1. The van der Waals surface area contributed by atoms with E-state index < -0.39 is 0 Å². The molecule has 142 valence electrons. The van der Waals surface area contributed by atoms with E-state index in [0.29, 0.717) is 6.04 Å². The topological polar surface area (TPSA) is 96.6 Å².